The van der Waals surface area contributed by atoms with Gasteiger partial charge in [0, 0.05) is 23.0 Å². The van der Waals surface area contributed by atoms with Crippen molar-refractivity contribution in [2.75, 3.05) is 5.32 Å². The van der Waals surface area contributed by atoms with Crippen LogP contribution in [0, 0.1) is 0 Å². The van der Waals surface area contributed by atoms with Crippen LogP contribution < -0.4 is 5.32 Å². The fourth-order valence-electron chi connectivity index (χ4n) is 2.83. The molecule has 25 heavy (non-hydrogen) atoms. The molecule has 0 saturated carbocycles. The van der Waals surface area contributed by atoms with Crippen LogP contribution in [0.3, 0.4) is 0 Å². The summed E-state index contributed by atoms with van der Waals surface area (Å²) in [6.45, 7) is 2.12. The van der Waals surface area contributed by atoms with Crippen LogP contribution in [0.4, 0.5) is 16.5 Å². The van der Waals surface area contributed by atoms with Crippen LogP contribution in [-0.2, 0) is 6.42 Å². The third-order valence-corrected chi connectivity index (χ3v) is 5.03. The van der Waals surface area contributed by atoms with Gasteiger partial charge in [0.05, 0.1) is 10.6 Å². The zero-order chi connectivity index (χ0) is 17.2. The highest BCUT2D eigenvalue weighted by molar-refractivity contribution is 7.16. The minimum Gasteiger partial charge on any atom is -0.492 e. The van der Waals surface area contributed by atoms with Gasteiger partial charge in [0.15, 0.2) is 5.13 Å². The van der Waals surface area contributed by atoms with Gasteiger partial charge in [0.1, 0.15) is 0 Å². The quantitative estimate of drug-likeness (QED) is 0.663. The van der Waals surface area contributed by atoms with Gasteiger partial charge in [-0.2, -0.15) is 4.98 Å². The molecule has 0 radical (unpaired) electrons. The molecule has 4 rings (SSSR count). The molecule has 0 unspecified atom stereocenters. The molecule has 0 fully saturated rings. The predicted molar refractivity (Wildman–Crippen MR) is 105 cm³/mol. The van der Waals surface area contributed by atoms with Crippen molar-refractivity contribution in [3.8, 4) is 5.88 Å². The number of hydrogen-bond acceptors (Lipinski definition) is 5. The summed E-state index contributed by atoms with van der Waals surface area (Å²) >= 11 is 1.42. The monoisotopic (exact) mass is 347 g/mol. The van der Waals surface area contributed by atoms with E-state index in [9.17, 15) is 5.11 Å². The Morgan fingerprint density at radius 1 is 1.12 bits per heavy atom. The minimum absolute atomic E-state index is 0.0340. The Morgan fingerprint density at radius 2 is 1.92 bits per heavy atom. The van der Waals surface area contributed by atoms with E-state index in [1.807, 2.05) is 54.8 Å². The molecule has 0 atom stereocenters. The number of nitrogens with one attached hydrogen (secondary N) is 1. The third-order valence-electron chi connectivity index (χ3n) is 4.12. The topological polar surface area (TPSA) is 57.5 Å². The molecule has 2 aromatic carbocycles. The summed E-state index contributed by atoms with van der Waals surface area (Å²) in [6, 6.07) is 16.1. The lowest BCUT2D eigenvalue weighted by Gasteiger charge is -2.07. The fourth-order valence-corrected chi connectivity index (χ4v) is 3.66. The lowest BCUT2D eigenvalue weighted by Crippen LogP contribution is -1.93. The molecule has 1 aromatic heterocycles. The second kappa shape index (κ2) is 6.53. The van der Waals surface area contributed by atoms with Crippen LogP contribution in [-0.4, -0.2) is 16.3 Å². The SMILES string of the molecule is CCc1ccccc1Nc1nc(O)c(/C=C2/C=Nc3ccccc32)s1. The number of allylic oxidation sites excluding steroid dienone is 1. The van der Waals surface area contributed by atoms with Gasteiger partial charge in [0.25, 0.3) is 0 Å². The highest BCUT2D eigenvalue weighted by Gasteiger charge is 2.15. The highest BCUT2D eigenvalue weighted by atomic mass is 32.1. The van der Waals surface area contributed by atoms with Crippen LogP contribution in [0.25, 0.3) is 11.6 Å². The highest BCUT2D eigenvalue weighted by Crippen LogP contribution is 2.37. The van der Waals surface area contributed by atoms with E-state index in [-0.39, 0.29) is 5.88 Å². The van der Waals surface area contributed by atoms with E-state index >= 15 is 0 Å². The van der Waals surface area contributed by atoms with Crippen molar-refractivity contribution < 1.29 is 5.11 Å². The molecule has 4 nitrogen and oxygen atoms in total. The molecule has 1 aliphatic rings. The first-order valence-electron chi connectivity index (χ1n) is 8.14. The summed E-state index contributed by atoms with van der Waals surface area (Å²) < 4.78 is 0. The van der Waals surface area contributed by atoms with Gasteiger partial charge in [-0.15, -0.1) is 0 Å². The summed E-state index contributed by atoms with van der Waals surface area (Å²) in [4.78, 5) is 9.37. The van der Waals surface area contributed by atoms with Gasteiger partial charge in [-0.25, -0.2) is 0 Å². The van der Waals surface area contributed by atoms with E-state index < -0.39 is 0 Å². The van der Waals surface area contributed by atoms with Crippen molar-refractivity contribution in [2.24, 2.45) is 4.99 Å². The lowest BCUT2D eigenvalue weighted by molar-refractivity contribution is 0.457. The number of hydrogen-bond donors (Lipinski definition) is 2. The average molecular weight is 347 g/mol. The zero-order valence-corrected chi connectivity index (χ0v) is 14.5. The number of para-hydroxylation sites is 2. The van der Waals surface area contributed by atoms with Crippen molar-refractivity contribution in [1.29, 1.82) is 0 Å². The largest absolute Gasteiger partial charge is 0.492 e. The Balaban J connectivity index is 1.64. The number of aromatic hydroxyl groups is 1. The molecule has 0 spiro atoms. The van der Waals surface area contributed by atoms with Crippen LogP contribution in [0.2, 0.25) is 0 Å². The van der Waals surface area contributed by atoms with Gasteiger partial charge < -0.3 is 10.4 Å². The number of thiazole rings is 1. The van der Waals surface area contributed by atoms with Crippen molar-refractivity contribution in [3.63, 3.8) is 0 Å². The Hall–Kier alpha value is -2.92. The summed E-state index contributed by atoms with van der Waals surface area (Å²) in [5, 5.41) is 14.2. The Kier molecular flexibility index (Phi) is 4.07. The first-order valence-corrected chi connectivity index (χ1v) is 8.96. The summed E-state index contributed by atoms with van der Waals surface area (Å²) in [5.74, 6) is 0.0340. The number of fused-ring (bicyclic) bond motifs is 1. The molecule has 2 heterocycles. The van der Waals surface area contributed by atoms with E-state index in [1.54, 1.807) is 0 Å². The van der Waals surface area contributed by atoms with E-state index in [0.29, 0.717) is 5.13 Å². The Labute approximate surface area is 150 Å². The molecule has 124 valence electrons. The number of aromatic nitrogens is 1. The van der Waals surface area contributed by atoms with Crippen molar-refractivity contribution in [1.82, 2.24) is 4.98 Å². The van der Waals surface area contributed by atoms with E-state index in [2.05, 4.69) is 28.3 Å². The number of aryl methyl sites for hydroxylation is 1. The average Bonchev–Trinajstić information content (AvgIpc) is 3.20. The first-order chi connectivity index (χ1) is 12.2. The lowest BCUT2D eigenvalue weighted by atomic mass is 10.1. The second-order valence-electron chi connectivity index (χ2n) is 5.72. The number of nitrogens with zero attached hydrogens (tertiary/aromatic N) is 2. The first kappa shape index (κ1) is 15.6. The molecule has 0 amide bonds. The molecule has 1 aliphatic heterocycles. The fraction of sp³-hybridized carbons (Fsp3) is 0.100. The van der Waals surface area contributed by atoms with Crippen LogP contribution in [0.1, 0.15) is 22.9 Å². The number of rotatable bonds is 4. The molecule has 0 saturated heterocycles. The summed E-state index contributed by atoms with van der Waals surface area (Å²) in [6.07, 6.45) is 4.69. The van der Waals surface area contributed by atoms with Crippen molar-refractivity contribution in [3.05, 3.63) is 64.5 Å². The van der Waals surface area contributed by atoms with E-state index in [1.165, 1.54) is 16.9 Å². The summed E-state index contributed by atoms with van der Waals surface area (Å²) in [7, 11) is 0. The number of aliphatic imine (C=N–C) groups is 1. The molecular weight excluding hydrogens is 330 g/mol. The maximum absolute atomic E-state index is 10.2. The Morgan fingerprint density at radius 3 is 2.80 bits per heavy atom. The van der Waals surface area contributed by atoms with Gasteiger partial charge in [-0.1, -0.05) is 54.7 Å². The molecule has 2 N–H and O–H groups in total. The van der Waals surface area contributed by atoms with Crippen molar-refractivity contribution >= 4 is 45.7 Å². The number of anilines is 2. The van der Waals surface area contributed by atoms with Crippen molar-refractivity contribution in [2.45, 2.75) is 13.3 Å². The molecule has 0 aliphatic carbocycles. The molecule has 3 aromatic rings. The third kappa shape index (κ3) is 3.06. The number of benzene rings is 2. The molecule has 5 heteroatoms. The standard InChI is InChI=1S/C20H17N3OS/c1-2-13-7-3-5-9-16(13)22-20-23-19(24)18(25-20)11-14-12-21-17-10-6-4-8-15(14)17/h3-12,24H,2H2,1H3,(H,22,23)/b14-11-. The predicted octanol–water partition coefficient (Wildman–Crippen LogP) is 5.41. The zero-order valence-electron chi connectivity index (χ0n) is 13.7. The summed E-state index contributed by atoms with van der Waals surface area (Å²) in [5.41, 5.74) is 5.24. The van der Waals surface area contributed by atoms with Crippen LogP contribution in [0.5, 0.6) is 5.88 Å². The maximum atomic E-state index is 10.2. The van der Waals surface area contributed by atoms with Gasteiger partial charge in [-0.3, -0.25) is 4.99 Å². The molecule has 0 bridgehead atoms. The van der Waals surface area contributed by atoms with Crippen LogP contribution in [0.15, 0.2) is 53.5 Å². The van der Waals surface area contributed by atoms with E-state index in [4.69, 9.17) is 0 Å². The minimum atomic E-state index is 0.0340. The van der Waals surface area contributed by atoms with Gasteiger partial charge in [-0.05, 0) is 30.2 Å². The Bertz CT molecular complexity index is 988. The smallest absolute Gasteiger partial charge is 0.231 e. The van der Waals surface area contributed by atoms with Crippen LogP contribution >= 0.6 is 11.3 Å². The van der Waals surface area contributed by atoms with Gasteiger partial charge in [0.2, 0.25) is 5.88 Å². The van der Waals surface area contributed by atoms with E-state index in [0.717, 1.165) is 33.8 Å². The molecular formula is C20H17N3OS. The maximum Gasteiger partial charge on any atom is 0.231 e. The van der Waals surface area contributed by atoms with Gasteiger partial charge >= 0.3 is 0 Å². The second-order valence-corrected chi connectivity index (χ2v) is 6.75. The normalized spacial score (nSPS) is 14.0.